The van der Waals surface area contributed by atoms with Crippen molar-refractivity contribution >= 4 is 41.4 Å². The zero-order valence-corrected chi connectivity index (χ0v) is 9.01. The molecule has 3 N–H and O–H groups in total. The Balaban J connectivity index is 0.00000144. The zero-order chi connectivity index (χ0) is 9.14. The highest BCUT2D eigenvalue weighted by Gasteiger charge is 1.99. The average molecular weight is 240 g/mol. The first-order chi connectivity index (χ1) is 5.59. The van der Waals surface area contributed by atoms with Crippen molar-refractivity contribution in [2.75, 3.05) is 0 Å². The van der Waals surface area contributed by atoms with E-state index in [0.29, 0.717) is 16.5 Å². The fourth-order valence-corrected chi connectivity index (χ4v) is 1.19. The molecule has 1 aromatic carbocycles. The Bertz CT molecular complexity index is 312. The molecule has 5 heteroatoms. The summed E-state index contributed by atoms with van der Waals surface area (Å²) in [4.78, 5) is 0. The van der Waals surface area contributed by atoms with Crippen molar-refractivity contribution in [2.45, 2.75) is 6.42 Å². The van der Waals surface area contributed by atoms with Gasteiger partial charge < -0.3 is 5.73 Å². The minimum absolute atomic E-state index is 0. The molecule has 0 atom stereocenters. The van der Waals surface area contributed by atoms with Gasteiger partial charge in [-0.2, -0.15) is 0 Å². The number of hydrogen-bond acceptors (Lipinski definition) is 1. The monoisotopic (exact) mass is 238 g/mol. The van der Waals surface area contributed by atoms with Crippen molar-refractivity contribution < 1.29 is 0 Å². The highest BCUT2D eigenvalue weighted by molar-refractivity contribution is 6.42. The van der Waals surface area contributed by atoms with Gasteiger partial charge in [-0.05, 0) is 17.7 Å². The maximum Gasteiger partial charge on any atom is 0.0950 e. The highest BCUT2D eigenvalue weighted by Crippen LogP contribution is 2.22. The van der Waals surface area contributed by atoms with E-state index in [1.807, 2.05) is 0 Å². The van der Waals surface area contributed by atoms with E-state index in [9.17, 15) is 0 Å². The van der Waals surface area contributed by atoms with Gasteiger partial charge in [-0.3, -0.25) is 5.41 Å². The molecule has 1 rings (SSSR count). The van der Waals surface area contributed by atoms with Crippen LogP contribution in [0.4, 0.5) is 0 Å². The van der Waals surface area contributed by atoms with Crippen molar-refractivity contribution in [3.63, 3.8) is 0 Å². The number of hydrogen-bond donors (Lipinski definition) is 2. The molecule has 1 aromatic rings. The van der Waals surface area contributed by atoms with Gasteiger partial charge in [0.15, 0.2) is 0 Å². The van der Waals surface area contributed by atoms with Gasteiger partial charge in [-0.15, -0.1) is 12.4 Å². The van der Waals surface area contributed by atoms with Crippen LogP contribution in [0.25, 0.3) is 0 Å². The quantitative estimate of drug-likeness (QED) is 0.605. The molecular formula is C8H9Cl3N2. The Morgan fingerprint density at radius 1 is 1.31 bits per heavy atom. The van der Waals surface area contributed by atoms with E-state index in [0.717, 1.165) is 5.56 Å². The predicted octanol–water partition coefficient (Wildman–Crippen LogP) is 2.89. The molecule has 0 aliphatic heterocycles. The van der Waals surface area contributed by atoms with Crippen LogP contribution in [0.2, 0.25) is 10.0 Å². The SMILES string of the molecule is Cl.N=C(N)Cc1ccc(Cl)c(Cl)c1. The van der Waals surface area contributed by atoms with Gasteiger partial charge in [-0.25, -0.2) is 0 Å². The minimum atomic E-state index is 0. The van der Waals surface area contributed by atoms with E-state index < -0.39 is 0 Å². The van der Waals surface area contributed by atoms with Crippen LogP contribution < -0.4 is 5.73 Å². The molecule has 0 saturated heterocycles. The zero-order valence-electron chi connectivity index (χ0n) is 6.68. The Morgan fingerprint density at radius 2 is 1.92 bits per heavy atom. The predicted molar refractivity (Wildman–Crippen MR) is 59.3 cm³/mol. The standard InChI is InChI=1S/C8H8Cl2N2.ClH/c9-6-2-1-5(3-7(6)10)4-8(11)12;/h1-3H,4H2,(H3,11,12);1H. The van der Waals surface area contributed by atoms with Crippen molar-refractivity contribution in [1.29, 1.82) is 5.41 Å². The van der Waals surface area contributed by atoms with Crippen molar-refractivity contribution in [3.05, 3.63) is 33.8 Å². The summed E-state index contributed by atoms with van der Waals surface area (Å²) in [5, 5.41) is 8.07. The summed E-state index contributed by atoms with van der Waals surface area (Å²) in [6.07, 6.45) is 0.414. The Hall–Kier alpha value is -0.440. The van der Waals surface area contributed by atoms with Crippen LogP contribution in [0.15, 0.2) is 18.2 Å². The largest absolute Gasteiger partial charge is 0.387 e. The maximum atomic E-state index is 7.06. The summed E-state index contributed by atoms with van der Waals surface area (Å²) < 4.78 is 0. The molecule has 72 valence electrons. The first-order valence-electron chi connectivity index (χ1n) is 3.36. The molecule has 2 nitrogen and oxygen atoms in total. The number of amidine groups is 1. The Kier molecular flexibility index (Phi) is 5.14. The van der Waals surface area contributed by atoms with Gasteiger partial charge in [0.1, 0.15) is 0 Å². The molecule has 13 heavy (non-hydrogen) atoms. The molecule has 0 unspecified atom stereocenters. The average Bonchev–Trinajstić information content (AvgIpc) is 1.96. The lowest BCUT2D eigenvalue weighted by atomic mass is 10.1. The van der Waals surface area contributed by atoms with Crippen LogP contribution in [-0.4, -0.2) is 5.84 Å². The summed E-state index contributed by atoms with van der Waals surface area (Å²) in [6.45, 7) is 0. The van der Waals surface area contributed by atoms with E-state index in [1.54, 1.807) is 18.2 Å². The van der Waals surface area contributed by atoms with Gasteiger partial charge in [-0.1, -0.05) is 29.3 Å². The number of benzene rings is 1. The Labute approximate surface area is 92.9 Å². The third-order valence-electron chi connectivity index (χ3n) is 1.38. The van der Waals surface area contributed by atoms with Crippen molar-refractivity contribution in [2.24, 2.45) is 5.73 Å². The Morgan fingerprint density at radius 3 is 2.38 bits per heavy atom. The summed E-state index contributed by atoms with van der Waals surface area (Å²) >= 11 is 11.5. The van der Waals surface area contributed by atoms with Crippen LogP contribution in [0.5, 0.6) is 0 Å². The molecule has 0 aromatic heterocycles. The van der Waals surface area contributed by atoms with Gasteiger partial charge in [0.25, 0.3) is 0 Å². The van der Waals surface area contributed by atoms with Crippen LogP contribution in [-0.2, 0) is 6.42 Å². The summed E-state index contributed by atoms with van der Waals surface area (Å²) in [5.41, 5.74) is 6.12. The van der Waals surface area contributed by atoms with Crippen molar-refractivity contribution in [3.8, 4) is 0 Å². The van der Waals surface area contributed by atoms with Crippen LogP contribution in [0.1, 0.15) is 5.56 Å². The second-order valence-electron chi connectivity index (χ2n) is 2.45. The third kappa shape index (κ3) is 3.85. The van der Waals surface area contributed by atoms with E-state index in [1.165, 1.54) is 0 Å². The summed E-state index contributed by atoms with van der Waals surface area (Å²) in [7, 11) is 0. The van der Waals surface area contributed by atoms with Crippen LogP contribution in [0.3, 0.4) is 0 Å². The van der Waals surface area contributed by atoms with Gasteiger partial charge in [0.05, 0.1) is 15.9 Å². The molecule has 0 spiro atoms. The lowest BCUT2D eigenvalue weighted by Crippen LogP contribution is -2.12. The molecule has 0 fully saturated rings. The first kappa shape index (κ1) is 12.6. The van der Waals surface area contributed by atoms with Crippen LogP contribution >= 0.6 is 35.6 Å². The lowest BCUT2D eigenvalue weighted by Gasteiger charge is -2.00. The van der Waals surface area contributed by atoms with E-state index in [4.69, 9.17) is 34.3 Å². The second kappa shape index (κ2) is 5.32. The summed E-state index contributed by atoms with van der Waals surface area (Å²) in [5.74, 6) is 0.119. The molecule has 0 heterocycles. The number of rotatable bonds is 2. The van der Waals surface area contributed by atoms with E-state index in [2.05, 4.69) is 0 Å². The minimum Gasteiger partial charge on any atom is -0.387 e. The fourth-order valence-electron chi connectivity index (χ4n) is 0.870. The fraction of sp³-hybridized carbons (Fsp3) is 0.125. The van der Waals surface area contributed by atoms with E-state index >= 15 is 0 Å². The maximum absolute atomic E-state index is 7.06. The van der Waals surface area contributed by atoms with Crippen LogP contribution in [0, 0.1) is 5.41 Å². The summed E-state index contributed by atoms with van der Waals surface area (Å²) in [6, 6.07) is 5.21. The molecule has 0 saturated carbocycles. The van der Waals surface area contributed by atoms with Gasteiger partial charge >= 0.3 is 0 Å². The smallest absolute Gasteiger partial charge is 0.0950 e. The number of nitrogens with one attached hydrogen (secondary N) is 1. The number of nitrogens with two attached hydrogens (primary N) is 1. The molecule has 0 amide bonds. The van der Waals surface area contributed by atoms with Gasteiger partial charge in [0.2, 0.25) is 0 Å². The first-order valence-corrected chi connectivity index (χ1v) is 4.12. The topological polar surface area (TPSA) is 49.9 Å². The normalized spacial score (nSPS) is 9.08. The third-order valence-corrected chi connectivity index (χ3v) is 2.12. The lowest BCUT2D eigenvalue weighted by molar-refractivity contribution is 1.25. The number of halogens is 3. The van der Waals surface area contributed by atoms with Gasteiger partial charge in [0, 0.05) is 6.42 Å². The van der Waals surface area contributed by atoms with E-state index in [-0.39, 0.29) is 18.2 Å². The second-order valence-corrected chi connectivity index (χ2v) is 3.26. The van der Waals surface area contributed by atoms with Crippen molar-refractivity contribution in [1.82, 2.24) is 0 Å². The highest BCUT2D eigenvalue weighted by atomic mass is 35.5. The molecule has 0 aliphatic rings. The molecule has 0 aliphatic carbocycles. The molecular weight excluding hydrogens is 230 g/mol. The molecule has 0 bridgehead atoms. The molecule has 0 radical (unpaired) electrons.